The molecule has 2 atom stereocenters. The van der Waals surface area contributed by atoms with Gasteiger partial charge in [-0.05, 0) is 50.7 Å². The Bertz CT molecular complexity index is 1240. The molecule has 0 saturated heterocycles. The predicted molar refractivity (Wildman–Crippen MR) is 138 cm³/mol. The third kappa shape index (κ3) is 4.92. The molecule has 2 aromatic heterocycles. The van der Waals surface area contributed by atoms with E-state index < -0.39 is 11.5 Å². The van der Waals surface area contributed by atoms with Gasteiger partial charge >= 0.3 is 0 Å². The van der Waals surface area contributed by atoms with Gasteiger partial charge in [0, 0.05) is 23.4 Å². The molecule has 0 aliphatic heterocycles. The molecule has 0 aliphatic carbocycles. The number of thiophene rings is 1. The van der Waals surface area contributed by atoms with Crippen LogP contribution in [0.3, 0.4) is 0 Å². The average Bonchev–Trinajstić information content (AvgIpc) is 3.17. The van der Waals surface area contributed by atoms with Gasteiger partial charge in [-0.1, -0.05) is 71.8 Å². The number of aliphatic hydroxyl groups is 1. The van der Waals surface area contributed by atoms with Crippen LogP contribution in [0.25, 0.3) is 10.2 Å². The second-order valence-electron chi connectivity index (χ2n) is 8.72. The molecule has 6 heteroatoms. The van der Waals surface area contributed by atoms with Gasteiger partial charge in [0.05, 0.1) is 11.4 Å². The highest BCUT2D eigenvalue weighted by Gasteiger charge is 2.42. The van der Waals surface area contributed by atoms with Crippen molar-refractivity contribution in [2.45, 2.75) is 24.9 Å². The molecule has 4 rings (SSSR count). The highest BCUT2D eigenvalue weighted by atomic mass is 35.5. The lowest BCUT2D eigenvalue weighted by Crippen LogP contribution is -2.37. The quantitative estimate of drug-likeness (QED) is 0.324. The standard InChI is InChI=1S/C27H29ClN2O2S/c1-18-9-8-12-21(15-18)27(31,13-14-30(2)3)24(19-10-6-5-7-11-19)22-16-20-17-23(28)33-26(20)29-25(22)32-4/h5-12,15-17,24,31H,13-14H2,1-4H3. The smallest absolute Gasteiger partial charge is 0.218 e. The van der Waals surface area contributed by atoms with Gasteiger partial charge in [-0.15, -0.1) is 11.3 Å². The lowest BCUT2D eigenvalue weighted by molar-refractivity contribution is 0.00376. The van der Waals surface area contributed by atoms with E-state index in [4.69, 9.17) is 21.3 Å². The van der Waals surface area contributed by atoms with E-state index in [9.17, 15) is 5.11 Å². The lowest BCUT2D eigenvalue weighted by atomic mass is 9.71. The van der Waals surface area contributed by atoms with Gasteiger partial charge in [-0.3, -0.25) is 0 Å². The molecule has 172 valence electrons. The van der Waals surface area contributed by atoms with Crippen LogP contribution in [0.15, 0.2) is 66.7 Å². The molecule has 2 unspecified atom stereocenters. The van der Waals surface area contributed by atoms with Crippen LogP contribution < -0.4 is 4.74 Å². The Labute approximate surface area is 204 Å². The summed E-state index contributed by atoms with van der Waals surface area (Å²) in [6.07, 6.45) is 0.536. The Kier molecular flexibility index (Phi) is 7.05. The first-order chi connectivity index (χ1) is 15.8. The zero-order valence-electron chi connectivity index (χ0n) is 19.4. The number of methoxy groups -OCH3 is 1. The Morgan fingerprint density at radius 2 is 1.85 bits per heavy atom. The molecule has 1 N–H and O–H groups in total. The topological polar surface area (TPSA) is 45.6 Å². The fourth-order valence-electron chi connectivity index (χ4n) is 4.43. The molecule has 0 spiro atoms. The summed E-state index contributed by atoms with van der Waals surface area (Å²) in [5.41, 5.74) is 2.63. The molecule has 0 fully saturated rings. The number of nitrogens with zero attached hydrogens (tertiary/aromatic N) is 2. The molecule has 4 aromatic rings. The first-order valence-corrected chi connectivity index (χ1v) is 12.1. The summed E-state index contributed by atoms with van der Waals surface area (Å²) in [7, 11) is 5.67. The van der Waals surface area contributed by atoms with Crippen molar-refractivity contribution in [3.63, 3.8) is 0 Å². The van der Waals surface area contributed by atoms with Crippen LogP contribution in [-0.2, 0) is 5.60 Å². The molecule has 33 heavy (non-hydrogen) atoms. The molecule has 4 nitrogen and oxygen atoms in total. The number of aryl methyl sites for hydroxylation is 1. The predicted octanol–water partition coefficient (Wildman–Crippen LogP) is 6.24. The van der Waals surface area contributed by atoms with Crippen molar-refractivity contribution in [1.29, 1.82) is 0 Å². The third-order valence-corrected chi connectivity index (χ3v) is 7.22. The second kappa shape index (κ2) is 9.82. The van der Waals surface area contributed by atoms with Crippen molar-refractivity contribution < 1.29 is 9.84 Å². The van der Waals surface area contributed by atoms with Crippen LogP contribution in [0, 0.1) is 6.92 Å². The monoisotopic (exact) mass is 480 g/mol. The molecule has 0 bridgehead atoms. The Balaban J connectivity index is 2.00. The first kappa shape index (κ1) is 23.7. The second-order valence-corrected chi connectivity index (χ2v) is 10.4. The number of rotatable bonds is 8. The fourth-order valence-corrected chi connectivity index (χ4v) is 5.51. The number of benzene rings is 2. The largest absolute Gasteiger partial charge is 0.481 e. The Morgan fingerprint density at radius 3 is 2.52 bits per heavy atom. The number of hydrogen-bond donors (Lipinski definition) is 1. The molecule has 0 saturated carbocycles. The Hall–Kier alpha value is -2.44. The van der Waals surface area contributed by atoms with Crippen molar-refractivity contribution >= 4 is 33.2 Å². The van der Waals surface area contributed by atoms with Crippen molar-refractivity contribution in [3.05, 3.63) is 93.3 Å². The fraction of sp³-hybridized carbons (Fsp3) is 0.296. The molecular formula is C27H29ClN2O2S. The van der Waals surface area contributed by atoms with Gasteiger partial charge in [-0.2, -0.15) is 0 Å². The number of pyridine rings is 1. The average molecular weight is 481 g/mol. The van der Waals surface area contributed by atoms with Crippen LogP contribution in [-0.4, -0.2) is 42.7 Å². The summed E-state index contributed by atoms with van der Waals surface area (Å²) >= 11 is 7.72. The van der Waals surface area contributed by atoms with E-state index in [0.717, 1.165) is 39.0 Å². The summed E-state index contributed by atoms with van der Waals surface area (Å²) in [6, 6.07) is 22.3. The van der Waals surface area contributed by atoms with E-state index in [1.54, 1.807) is 7.11 Å². The zero-order valence-corrected chi connectivity index (χ0v) is 21.0. The van der Waals surface area contributed by atoms with Crippen LogP contribution >= 0.6 is 22.9 Å². The highest BCUT2D eigenvalue weighted by Crippen LogP contribution is 2.48. The van der Waals surface area contributed by atoms with Gasteiger partial charge in [0.2, 0.25) is 5.88 Å². The number of aromatic nitrogens is 1. The summed E-state index contributed by atoms with van der Waals surface area (Å²) in [6.45, 7) is 2.77. The van der Waals surface area contributed by atoms with E-state index in [0.29, 0.717) is 16.6 Å². The van der Waals surface area contributed by atoms with Gasteiger partial charge in [0.15, 0.2) is 0 Å². The van der Waals surface area contributed by atoms with Crippen LogP contribution in [0.5, 0.6) is 5.88 Å². The maximum atomic E-state index is 12.6. The molecule has 0 radical (unpaired) electrons. The third-order valence-electron chi connectivity index (χ3n) is 6.04. The normalized spacial score (nSPS) is 14.4. The summed E-state index contributed by atoms with van der Waals surface area (Å²) < 4.78 is 6.45. The SMILES string of the molecule is COc1nc2sc(Cl)cc2cc1C(c1ccccc1)C(O)(CCN(C)C)c1cccc(C)c1. The van der Waals surface area contributed by atoms with Gasteiger partial charge in [-0.25, -0.2) is 4.98 Å². The first-order valence-electron chi connectivity index (χ1n) is 10.9. The lowest BCUT2D eigenvalue weighted by Gasteiger charge is -2.39. The number of fused-ring (bicyclic) bond motifs is 1. The maximum absolute atomic E-state index is 12.6. The minimum Gasteiger partial charge on any atom is -0.481 e. The number of halogens is 1. The van der Waals surface area contributed by atoms with Gasteiger partial charge in [0.1, 0.15) is 10.4 Å². The highest BCUT2D eigenvalue weighted by molar-refractivity contribution is 7.22. The van der Waals surface area contributed by atoms with Crippen LogP contribution in [0.1, 0.15) is 34.6 Å². The molecular weight excluding hydrogens is 452 g/mol. The van der Waals surface area contributed by atoms with Crippen molar-refractivity contribution in [2.24, 2.45) is 0 Å². The molecule has 0 amide bonds. The summed E-state index contributed by atoms with van der Waals surface area (Å²) in [4.78, 5) is 7.69. The minimum absolute atomic E-state index is 0.397. The minimum atomic E-state index is -1.19. The van der Waals surface area contributed by atoms with E-state index in [1.165, 1.54) is 11.3 Å². The van der Waals surface area contributed by atoms with E-state index in [2.05, 4.69) is 42.2 Å². The van der Waals surface area contributed by atoms with E-state index in [1.807, 2.05) is 50.5 Å². The van der Waals surface area contributed by atoms with Gasteiger partial charge < -0.3 is 14.7 Å². The molecule has 0 aliphatic rings. The molecule has 2 heterocycles. The van der Waals surface area contributed by atoms with Crippen LogP contribution in [0.2, 0.25) is 4.34 Å². The van der Waals surface area contributed by atoms with Crippen LogP contribution in [0.4, 0.5) is 0 Å². The summed E-state index contributed by atoms with van der Waals surface area (Å²) in [5.74, 6) is 0.108. The maximum Gasteiger partial charge on any atom is 0.218 e. The van der Waals surface area contributed by atoms with Gasteiger partial charge in [0.25, 0.3) is 0 Å². The zero-order chi connectivity index (χ0) is 23.6. The Morgan fingerprint density at radius 1 is 1.09 bits per heavy atom. The molecule has 2 aromatic carbocycles. The van der Waals surface area contributed by atoms with E-state index >= 15 is 0 Å². The number of hydrogen-bond acceptors (Lipinski definition) is 5. The number of ether oxygens (including phenoxy) is 1. The van der Waals surface area contributed by atoms with Crippen molar-refractivity contribution in [1.82, 2.24) is 9.88 Å². The van der Waals surface area contributed by atoms with Crippen molar-refractivity contribution in [2.75, 3.05) is 27.7 Å². The van der Waals surface area contributed by atoms with Crippen molar-refractivity contribution in [3.8, 4) is 5.88 Å². The van der Waals surface area contributed by atoms with E-state index in [-0.39, 0.29) is 0 Å². The summed E-state index contributed by atoms with van der Waals surface area (Å²) in [5, 5.41) is 13.5.